The van der Waals surface area contributed by atoms with Crippen molar-refractivity contribution in [2.24, 2.45) is 0 Å². The fourth-order valence-corrected chi connectivity index (χ4v) is 1.96. The van der Waals surface area contributed by atoms with Gasteiger partial charge in [-0.1, -0.05) is 0 Å². The van der Waals surface area contributed by atoms with Crippen LogP contribution < -0.4 is 5.32 Å². The molecule has 2 amide bonds. The van der Waals surface area contributed by atoms with Crippen LogP contribution in [0.5, 0.6) is 0 Å². The Hall–Kier alpha value is -1.14. The molecule has 0 radical (unpaired) electrons. The van der Waals surface area contributed by atoms with Gasteiger partial charge in [-0.2, -0.15) is 0 Å². The molecule has 0 unspecified atom stereocenters. The van der Waals surface area contributed by atoms with Gasteiger partial charge in [0.1, 0.15) is 0 Å². The Kier molecular flexibility index (Phi) is 7.75. The summed E-state index contributed by atoms with van der Waals surface area (Å²) in [7, 11) is 1.78. The van der Waals surface area contributed by atoms with Crippen molar-refractivity contribution < 1.29 is 14.7 Å². The fraction of sp³-hybridized carbons (Fsp3) is 0.857. The molecule has 118 valence electrons. The number of nitrogens with one attached hydrogen (secondary N) is 1. The second-order valence-electron chi connectivity index (χ2n) is 6.11. The summed E-state index contributed by atoms with van der Waals surface area (Å²) in [6, 6.07) is 0.0640. The van der Waals surface area contributed by atoms with Crippen LogP contribution in [0.25, 0.3) is 0 Å². The molecule has 0 atom stereocenters. The van der Waals surface area contributed by atoms with Gasteiger partial charge in [0.25, 0.3) is 0 Å². The summed E-state index contributed by atoms with van der Waals surface area (Å²) in [5.41, 5.74) is -0.846. The number of aliphatic hydroxyl groups is 1. The molecular weight excluding hydrogens is 258 g/mol. The van der Waals surface area contributed by atoms with Crippen LogP contribution in [-0.2, 0) is 9.59 Å². The van der Waals surface area contributed by atoms with Crippen LogP contribution in [0.2, 0.25) is 0 Å². The van der Waals surface area contributed by atoms with Crippen LogP contribution in [0.3, 0.4) is 0 Å². The Morgan fingerprint density at radius 3 is 2.20 bits per heavy atom. The molecule has 2 N–H and O–H groups in total. The van der Waals surface area contributed by atoms with Crippen molar-refractivity contribution in [2.45, 2.75) is 46.3 Å². The highest BCUT2D eigenvalue weighted by Gasteiger charge is 2.21. The number of amides is 2. The topological polar surface area (TPSA) is 72.9 Å². The number of rotatable bonds is 8. The molecule has 20 heavy (non-hydrogen) atoms. The molecule has 0 saturated heterocycles. The zero-order chi connectivity index (χ0) is 15.9. The van der Waals surface area contributed by atoms with E-state index in [-0.39, 0.29) is 30.9 Å². The minimum absolute atomic E-state index is 0.0640. The molecule has 0 aliphatic heterocycles. The lowest BCUT2D eigenvalue weighted by molar-refractivity contribution is -0.137. The predicted molar refractivity (Wildman–Crippen MR) is 79.3 cm³/mol. The maximum absolute atomic E-state index is 12.1. The number of likely N-dealkylation sites (N-methyl/N-ethyl adjacent to an activating group) is 2. The van der Waals surface area contributed by atoms with E-state index < -0.39 is 5.60 Å². The van der Waals surface area contributed by atoms with Crippen LogP contribution in [0, 0.1) is 0 Å². The van der Waals surface area contributed by atoms with E-state index >= 15 is 0 Å². The predicted octanol–water partition coefficient (Wildman–Crippen LogP) is 0.0622. The van der Waals surface area contributed by atoms with E-state index in [9.17, 15) is 14.7 Å². The molecule has 0 heterocycles. The van der Waals surface area contributed by atoms with E-state index in [0.717, 1.165) is 0 Å². The van der Waals surface area contributed by atoms with Gasteiger partial charge >= 0.3 is 0 Å². The maximum atomic E-state index is 12.1. The standard InChI is InChI=1S/C14H29N3O3/c1-7-17(8-12(18)15-11(2)3)13(19)9-16(6)10-14(4,5)20/h11,20H,7-10H2,1-6H3,(H,15,18). The first-order valence-corrected chi connectivity index (χ1v) is 7.03. The van der Waals surface area contributed by atoms with Gasteiger partial charge < -0.3 is 15.3 Å². The Labute approximate surface area is 122 Å². The molecule has 0 saturated carbocycles. The monoisotopic (exact) mass is 287 g/mol. The van der Waals surface area contributed by atoms with Gasteiger partial charge in [0.05, 0.1) is 18.7 Å². The van der Waals surface area contributed by atoms with Crippen molar-refractivity contribution in [3.63, 3.8) is 0 Å². The smallest absolute Gasteiger partial charge is 0.239 e. The van der Waals surface area contributed by atoms with Crippen molar-refractivity contribution in [1.29, 1.82) is 0 Å². The van der Waals surface area contributed by atoms with Crippen LogP contribution >= 0.6 is 0 Å². The van der Waals surface area contributed by atoms with Crippen molar-refractivity contribution in [2.75, 3.05) is 33.2 Å². The number of carbonyl (C=O) groups is 2. The molecule has 0 aromatic heterocycles. The van der Waals surface area contributed by atoms with Crippen molar-refractivity contribution in [3.8, 4) is 0 Å². The fourth-order valence-electron chi connectivity index (χ4n) is 1.96. The summed E-state index contributed by atoms with van der Waals surface area (Å²) in [5, 5.41) is 12.5. The van der Waals surface area contributed by atoms with Gasteiger partial charge in [0.15, 0.2) is 0 Å². The van der Waals surface area contributed by atoms with Crippen molar-refractivity contribution in [1.82, 2.24) is 15.1 Å². The van der Waals surface area contributed by atoms with Crippen LogP contribution in [0.4, 0.5) is 0 Å². The average Bonchev–Trinajstić information content (AvgIpc) is 2.21. The summed E-state index contributed by atoms with van der Waals surface area (Å²) >= 11 is 0. The molecular formula is C14H29N3O3. The molecule has 0 aliphatic carbocycles. The van der Waals surface area contributed by atoms with E-state index in [1.54, 1.807) is 25.8 Å². The zero-order valence-corrected chi connectivity index (χ0v) is 13.6. The highest BCUT2D eigenvalue weighted by atomic mass is 16.3. The highest BCUT2D eigenvalue weighted by molar-refractivity contribution is 5.85. The van der Waals surface area contributed by atoms with Crippen LogP contribution in [0.15, 0.2) is 0 Å². The van der Waals surface area contributed by atoms with E-state index in [1.807, 2.05) is 20.8 Å². The maximum Gasteiger partial charge on any atom is 0.239 e. The lowest BCUT2D eigenvalue weighted by Gasteiger charge is -2.28. The third-order valence-corrected chi connectivity index (χ3v) is 2.58. The van der Waals surface area contributed by atoms with Gasteiger partial charge in [0.2, 0.25) is 11.8 Å². The molecule has 6 heteroatoms. The van der Waals surface area contributed by atoms with Gasteiger partial charge in [-0.15, -0.1) is 0 Å². The molecule has 0 aromatic rings. The molecule has 0 rings (SSSR count). The minimum Gasteiger partial charge on any atom is -0.389 e. The third kappa shape index (κ3) is 8.87. The number of nitrogens with zero attached hydrogens (tertiary/aromatic N) is 2. The van der Waals surface area contributed by atoms with Gasteiger partial charge in [-0.3, -0.25) is 14.5 Å². The summed E-state index contributed by atoms with van der Waals surface area (Å²) in [5.74, 6) is -0.265. The van der Waals surface area contributed by atoms with E-state index in [1.165, 1.54) is 4.90 Å². The Morgan fingerprint density at radius 2 is 1.80 bits per heavy atom. The molecule has 0 aliphatic rings. The number of hydrogen-bond acceptors (Lipinski definition) is 4. The first kappa shape index (κ1) is 18.9. The van der Waals surface area contributed by atoms with Crippen LogP contribution in [0.1, 0.15) is 34.6 Å². The van der Waals surface area contributed by atoms with Crippen LogP contribution in [-0.4, -0.2) is 71.6 Å². The highest BCUT2D eigenvalue weighted by Crippen LogP contribution is 2.03. The quantitative estimate of drug-likeness (QED) is 0.662. The Bertz CT molecular complexity index is 324. The first-order valence-electron chi connectivity index (χ1n) is 7.03. The van der Waals surface area contributed by atoms with E-state index in [0.29, 0.717) is 13.1 Å². The van der Waals surface area contributed by atoms with Crippen molar-refractivity contribution in [3.05, 3.63) is 0 Å². The normalized spacial score (nSPS) is 11.8. The molecule has 0 aromatic carbocycles. The second-order valence-corrected chi connectivity index (χ2v) is 6.11. The molecule has 0 spiro atoms. The summed E-state index contributed by atoms with van der Waals surface area (Å²) in [4.78, 5) is 27.1. The molecule has 0 bridgehead atoms. The Balaban J connectivity index is 4.37. The number of carbonyl (C=O) groups excluding carboxylic acids is 2. The van der Waals surface area contributed by atoms with Gasteiger partial charge in [-0.05, 0) is 41.7 Å². The van der Waals surface area contributed by atoms with E-state index in [4.69, 9.17) is 0 Å². The summed E-state index contributed by atoms with van der Waals surface area (Å²) in [6.07, 6.45) is 0. The largest absolute Gasteiger partial charge is 0.389 e. The summed E-state index contributed by atoms with van der Waals surface area (Å²) < 4.78 is 0. The van der Waals surface area contributed by atoms with Crippen molar-refractivity contribution >= 4 is 11.8 Å². The first-order chi connectivity index (χ1) is 9.05. The molecule has 6 nitrogen and oxygen atoms in total. The van der Waals surface area contributed by atoms with E-state index in [2.05, 4.69) is 5.32 Å². The zero-order valence-electron chi connectivity index (χ0n) is 13.6. The third-order valence-electron chi connectivity index (χ3n) is 2.58. The summed E-state index contributed by atoms with van der Waals surface area (Å²) in [6.45, 7) is 10.1. The lowest BCUT2D eigenvalue weighted by atomic mass is 10.1. The number of hydrogen-bond donors (Lipinski definition) is 2. The van der Waals surface area contributed by atoms with Gasteiger partial charge in [0, 0.05) is 19.1 Å². The second kappa shape index (κ2) is 8.21. The molecule has 0 fully saturated rings. The lowest BCUT2D eigenvalue weighted by Crippen LogP contribution is -2.47. The SMILES string of the molecule is CCN(CC(=O)NC(C)C)C(=O)CN(C)CC(C)(C)O. The minimum atomic E-state index is -0.846. The average molecular weight is 287 g/mol. The Morgan fingerprint density at radius 1 is 1.25 bits per heavy atom. The van der Waals surface area contributed by atoms with Gasteiger partial charge in [-0.25, -0.2) is 0 Å².